The molecule has 0 aromatic heterocycles. The van der Waals surface area contributed by atoms with Crippen LogP contribution in [0.3, 0.4) is 0 Å². The zero-order valence-corrected chi connectivity index (χ0v) is 13.7. The number of halogens is 3. The fourth-order valence-corrected chi connectivity index (χ4v) is 2.41. The summed E-state index contributed by atoms with van der Waals surface area (Å²) in [4.78, 5) is 37.6. The first kappa shape index (κ1) is 18.8. The van der Waals surface area contributed by atoms with Crippen LogP contribution in [-0.2, 0) is 20.7 Å². The predicted octanol–water partition coefficient (Wildman–Crippen LogP) is 1.25. The summed E-state index contributed by atoms with van der Waals surface area (Å²) in [6.07, 6.45) is -6.11. The van der Waals surface area contributed by atoms with Crippen LogP contribution >= 0.6 is 0 Å². The number of likely N-dealkylation sites (N-methyl/N-ethyl adjacent to an activating group) is 1. The van der Waals surface area contributed by atoms with Crippen LogP contribution in [-0.4, -0.2) is 67.0 Å². The van der Waals surface area contributed by atoms with Crippen molar-refractivity contribution in [1.29, 1.82) is 0 Å². The fraction of sp³-hybridized carbons (Fsp3) is 0.438. The Morgan fingerprint density at radius 2 is 1.88 bits per heavy atom. The molecule has 6 nitrogen and oxygen atoms in total. The van der Waals surface area contributed by atoms with Crippen molar-refractivity contribution in [2.45, 2.75) is 18.7 Å². The number of hydrogen-bond donors (Lipinski definition) is 0. The average Bonchev–Trinajstić information content (AvgIpc) is 2.52. The Morgan fingerprint density at radius 1 is 1.24 bits per heavy atom. The lowest BCUT2D eigenvalue weighted by molar-refractivity contribution is -0.169. The molecule has 0 N–H and O–H groups in total. The molecule has 0 spiro atoms. The molecule has 0 bridgehead atoms. The standard InChI is InChI=1S/C16H17F3N2O4/c1-20(2)13(22)8-21(9-16(17,18)19)14(23)12-7-10-5-3-4-6-11(10)15(24)25-12/h3-6,12H,7-9H2,1-2H3. The number of fused-ring (bicyclic) bond motifs is 1. The lowest BCUT2D eigenvalue weighted by Crippen LogP contribution is -2.50. The normalized spacial score (nSPS) is 16.7. The first-order valence-corrected chi connectivity index (χ1v) is 7.43. The van der Waals surface area contributed by atoms with E-state index in [1.807, 2.05) is 0 Å². The van der Waals surface area contributed by atoms with Gasteiger partial charge in [0.05, 0.1) is 5.56 Å². The van der Waals surface area contributed by atoms with E-state index in [1.165, 1.54) is 20.2 Å². The first-order chi connectivity index (χ1) is 11.6. The Balaban J connectivity index is 2.21. The molecule has 1 aromatic rings. The summed E-state index contributed by atoms with van der Waals surface area (Å²) in [7, 11) is 2.74. The molecule has 0 saturated heterocycles. The lowest BCUT2D eigenvalue weighted by atomic mass is 9.98. The summed E-state index contributed by atoms with van der Waals surface area (Å²) in [6.45, 7) is -2.35. The highest BCUT2D eigenvalue weighted by Crippen LogP contribution is 2.23. The maximum atomic E-state index is 12.8. The molecule has 0 saturated carbocycles. The molecular weight excluding hydrogens is 341 g/mol. The van der Waals surface area contributed by atoms with Gasteiger partial charge in [0.1, 0.15) is 13.1 Å². The van der Waals surface area contributed by atoms with E-state index in [-0.39, 0.29) is 12.0 Å². The van der Waals surface area contributed by atoms with Gasteiger partial charge in [0.25, 0.3) is 5.91 Å². The second-order valence-electron chi connectivity index (χ2n) is 5.85. The van der Waals surface area contributed by atoms with E-state index in [1.54, 1.807) is 18.2 Å². The van der Waals surface area contributed by atoms with E-state index in [0.717, 1.165) is 4.90 Å². The second-order valence-corrected chi connectivity index (χ2v) is 5.85. The van der Waals surface area contributed by atoms with Gasteiger partial charge in [-0.25, -0.2) is 4.79 Å². The van der Waals surface area contributed by atoms with E-state index in [2.05, 4.69) is 0 Å². The molecule has 0 aliphatic carbocycles. The molecule has 2 rings (SSSR count). The molecule has 0 radical (unpaired) electrons. The molecule has 1 aromatic carbocycles. The van der Waals surface area contributed by atoms with Gasteiger partial charge in [-0.2, -0.15) is 13.2 Å². The number of nitrogens with zero attached hydrogens (tertiary/aromatic N) is 2. The van der Waals surface area contributed by atoms with Gasteiger partial charge in [-0.1, -0.05) is 18.2 Å². The first-order valence-electron chi connectivity index (χ1n) is 7.43. The van der Waals surface area contributed by atoms with Gasteiger partial charge >= 0.3 is 12.1 Å². The summed E-state index contributed by atoms with van der Waals surface area (Å²) in [5.74, 6) is -2.48. The SMILES string of the molecule is CN(C)C(=O)CN(CC(F)(F)F)C(=O)C1Cc2ccccc2C(=O)O1. The third-order valence-corrected chi connectivity index (χ3v) is 3.67. The van der Waals surface area contributed by atoms with Crippen LogP contribution in [0.25, 0.3) is 0 Å². The number of benzene rings is 1. The van der Waals surface area contributed by atoms with E-state index in [4.69, 9.17) is 4.74 Å². The third-order valence-electron chi connectivity index (χ3n) is 3.67. The van der Waals surface area contributed by atoms with Gasteiger partial charge in [0.2, 0.25) is 5.91 Å². The number of rotatable bonds is 4. The Bertz CT molecular complexity index is 688. The summed E-state index contributed by atoms with van der Waals surface area (Å²) in [6, 6.07) is 6.40. The van der Waals surface area contributed by atoms with Gasteiger partial charge < -0.3 is 14.5 Å². The largest absolute Gasteiger partial charge is 0.448 e. The van der Waals surface area contributed by atoms with E-state index in [9.17, 15) is 27.6 Å². The molecule has 1 unspecified atom stereocenters. The number of carbonyl (C=O) groups excluding carboxylic acids is 3. The maximum Gasteiger partial charge on any atom is 0.406 e. The van der Waals surface area contributed by atoms with E-state index in [0.29, 0.717) is 10.5 Å². The fourth-order valence-electron chi connectivity index (χ4n) is 2.41. The van der Waals surface area contributed by atoms with E-state index >= 15 is 0 Å². The van der Waals surface area contributed by atoms with Crippen molar-refractivity contribution >= 4 is 17.8 Å². The van der Waals surface area contributed by atoms with Crippen LogP contribution in [0, 0.1) is 0 Å². The molecule has 0 fully saturated rings. The summed E-state index contributed by atoms with van der Waals surface area (Å²) < 4.78 is 43.3. The zero-order valence-electron chi connectivity index (χ0n) is 13.7. The van der Waals surface area contributed by atoms with Crippen molar-refractivity contribution < 1.29 is 32.3 Å². The molecule has 1 heterocycles. The maximum absolute atomic E-state index is 12.8. The number of esters is 1. The number of alkyl halides is 3. The Hall–Kier alpha value is -2.58. The highest BCUT2D eigenvalue weighted by Gasteiger charge is 2.39. The minimum atomic E-state index is -4.68. The predicted molar refractivity (Wildman–Crippen MR) is 80.7 cm³/mol. The van der Waals surface area contributed by atoms with Crippen molar-refractivity contribution in [1.82, 2.24) is 9.80 Å². The van der Waals surface area contributed by atoms with Gasteiger partial charge in [-0.3, -0.25) is 9.59 Å². The number of cyclic esters (lactones) is 1. The topological polar surface area (TPSA) is 66.9 Å². The van der Waals surface area contributed by atoms with Gasteiger partial charge in [0.15, 0.2) is 6.10 Å². The highest BCUT2D eigenvalue weighted by molar-refractivity contribution is 5.96. The lowest BCUT2D eigenvalue weighted by Gasteiger charge is -2.30. The summed E-state index contributed by atoms with van der Waals surface area (Å²) in [5, 5.41) is 0. The third kappa shape index (κ3) is 4.71. The zero-order chi connectivity index (χ0) is 18.8. The van der Waals surface area contributed by atoms with Crippen LogP contribution in [0.4, 0.5) is 13.2 Å². The van der Waals surface area contributed by atoms with Gasteiger partial charge in [-0.05, 0) is 11.6 Å². The Morgan fingerprint density at radius 3 is 2.48 bits per heavy atom. The monoisotopic (exact) mass is 358 g/mol. The second kappa shape index (κ2) is 7.12. The highest BCUT2D eigenvalue weighted by atomic mass is 19.4. The van der Waals surface area contributed by atoms with Gasteiger partial charge in [-0.15, -0.1) is 0 Å². The van der Waals surface area contributed by atoms with Crippen molar-refractivity contribution in [2.24, 2.45) is 0 Å². The van der Waals surface area contributed by atoms with Crippen molar-refractivity contribution in [3.8, 4) is 0 Å². The Labute approximate surface area is 142 Å². The van der Waals surface area contributed by atoms with Crippen LogP contribution in [0.1, 0.15) is 15.9 Å². The molecule has 136 valence electrons. The average molecular weight is 358 g/mol. The number of amides is 2. The minimum absolute atomic E-state index is 0.0364. The smallest absolute Gasteiger partial charge is 0.406 e. The minimum Gasteiger partial charge on any atom is -0.448 e. The van der Waals surface area contributed by atoms with Crippen molar-refractivity contribution in [3.05, 3.63) is 35.4 Å². The molecule has 1 atom stereocenters. The molecular formula is C16H17F3N2O4. The summed E-state index contributed by atoms with van der Waals surface area (Å²) in [5.41, 5.74) is 0.793. The van der Waals surface area contributed by atoms with Crippen molar-refractivity contribution in [3.63, 3.8) is 0 Å². The molecule has 1 aliphatic rings. The number of hydrogen-bond acceptors (Lipinski definition) is 4. The van der Waals surface area contributed by atoms with Crippen LogP contribution in [0.5, 0.6) is 0 Å². The van der Waals surface area contributed by atoms with Crippen molar-refractivity contribution in [2.75, 3.05) is 27.2 Å². The van der Waals surface area contributed by atoms with Crippen LogP contribution in [0.2, 0.25) is 0 Å². The van der Waals surface area contributed by atoms with Crippen LogP contribution < -0.4 is 0 Å². The number of ether oxygens (including phenoxy) is 1. The molecule has 9 heteroatoms. The molecule has 25 heavy (non-hydrogen) atoms. The molecule has 1 aliphatic heterocycles. The molecule has 2 amide bonds. The quantitative estimate of drug-likeness (QED) is 0.760. The number of carbonyl (C=O) groups is 3. The van der Waals surface area contributed by atoms with E-state index < -0.39 is 43.2 Å². The van der Waals surface area contributed by atoms with Crippen LogP contribution in [0.15, 0.2) is 24.3 Å². The van der Waals surface area contributed by atoms with Gasteiger partial charge in [0, 0.05) is 20.5 Å². The summed E-state index contributed by atoms with van der Waals surface area (Å²) >= 11 is 0. The Kier molecular flexibility index (Phi) is 5.34.